The second-order valence-corrected chi connectivity index (χ2v) is 8.43. The zero-order valence-corrected chi connectivity index (χ0v) is 17.5. The van der Waals surface area contributed by atoms with Crippen LogP contribution in [0.1, 0.15) is 48.6 Å². The molecule has 3 aromatic rings. The molecule has 0 N–H and O–H groups in total. The zero-order valence-electron chi connectivity index (χ0n) is 17.5. The molecule has 7 heteroatoms. The lowest BCUT2D eigenvalue weighted by molar-refractivity contribution is 0.198. The van der Waals surface area contributed by atoms with Crippen LogP contribution in [0.4, 0.5) is 5.95 Å². The summed E-state index contributed by atoms with van der Waals surface area (Å²) in [7, 11) is 0. The summed E-state index contributed by atoms with van der Waals surface area (Å²) in [6.07, 6.45) is 10.4. The number of piperidine rings is 1. The molecule has 156 valence electrons. The van der Waals surface area contributed by atoms with Gasteiger partial charge in [-0.05, 0) is 50.8 Å². The van der Waals surface area contributed by atoms with E-state index in [-0.39, 0.29) is 0 Å². The summed E-state index contributed by atoms with van der Waals surface area (Å²) in [6, 6.07) is 6.14. The fourth-order valence-corrected chi connectivity index (χ4v) is 4.62. The van der Waals surface area contributed by atoms with E-state index in [0.29, 0.717) is 5.92 Å². The van der Waals surface area contributed by atoms with Crippen molar-refractivity contribution in [2.75, 3.05) is 31.1 Å². The number of anilines is 1. The van der Waals surface area contributed by atoms with Crippen molar-refractivity contribution in [1.29, 1.82) is 0 Å². The van der Waals surface area contributed by atoms with Gasteiger partial charge in [-0.1, -0.05) is 11.2 Å². The van der Waals surface area contributed by atoms with Gasteiger partial charge in [-0.3, -0.25) is 9.88 Å². The van der Waals surface area contributed by atoms with Crippen molar-refractivity contribution in [3.63, 3.8) is 0 Å². The van der Waals surface area contributed by atoms with Crippen LogP contribution >= 0.6 is 0 Å². The molecule has 2 aliphatic heterocycles. The lowest BCUT2D eigenvalue weighted by atomic mass is 9.91. The molecule has 2 saturated heterocycles. The van der Waals surface area contributed by atoms with Crippen LogP contribution < -0.4 is 4.90 Å². The Hall–Kier alpha value is -2.80. The van der Waals surface area contributed by atoms with E-state index in [1.165, 1.54) is 18.4 Å². The van der Waals surface area contributed by atoms with Gasteiger partial charge in [0, 0.05) is 56.8 Å². The molecule has 30 heavy (non-hydrogen) atoms. The van der Waals surface area contributed by atoms with Gasteiger partial charge in [0.15, 0.2) is 5.76 Å². The molecule has 2 fully saturated rings. The molecule has 0 aliphatic carbocycles. The molecular formula is C23H28N6O. The van der Waals surface area contributed by atoms with Crippen molar-refractivity contribution in [2.45, 2.75) is 45.1 Å². The van der Waals surface area contributed by atoms with E-state index in [9.17, 15) is 0 Å². The summed E-state index contributed by atoms with van der Waals surface area (Å²) in [4.78, 5) is 18.9. The van der Waals surface area contributed by atoms with Crippen molar-refractivity contribution < 1.29 is 4.52 Å². The third kappa shape index (κ3) is 4.07. The van der Waals surface area contributed by atoms with E-state index in [2.05, 4.69) is 26.0 Å². The Morgan fingerprint density at radius 2 is 2.03 bits per heavy atom. The molecule has 0 aromatic carbocycles. The van der Waals surface area contributed by atoms with Gasteiger partial charge in [0.05, 0.1) is 17.0 Å². The van der Waals surface area contributed by atoms with Crippen molar-refractivity contribution in [3.8, 4) is 11.3 Å². The third-order valence-electron chi connectivity index (χ3n) is 6.11. The quantitative estimate of drug-likeness (QED) is 0.640. The summed E-state index contributed by atoms with van der Waals surface area (Å²) in [6.45, 7) is 7.03. The zero-order chi connectivity index (χ0) is 20.3. The molecule has 0 saturated carbocycles. The Morgan fingerprint density at radius 1 is 1.13 bits per heavy atom. The number of aryl methyl sites for hydroxylation is 1. The van der Waals surface area contributed by atoms with Crippen molar-refractivity contribution in [1.82, 2.24) is 25.0 Å². The smallest absolute Gasteiger partial charge is 0.225 e. The lowest BCUT2D eigenvalue weighted by Crippen LogP contribution is -2.34. The highest BCUT2D eigenvalue weighted by atomic mass is 16.5. The van der Waals surface area contributed by atoms with Crippen molar-refractivity contribution >= 4 is 5.95 Å². The Balaban J connectivity index is 1.45. The second-order valence-electron chi connectivity index (χ2n) is 8.43. The molecule has 2 aliphatic rings. The summed E-state index contributed by atoms with van der Waals surface area (Å²) in [5.74, 6) is 1.96. The average Bonchev–Trinajstić information content (AvgIpc) is 3.46. The van der Waals surface area contributed by atoms with Crippen LogP contribution in [0.15, 0.2) is 41.3 Å². The highest BCUT2D eigenvalue weighted by Gasteiger charge is 2.28. The second kappa shape index (κ2) is 8.52. The van der Waals surface area contributed by atoms with E-state index in [1.807, 2.05) is 37.6 Å². The minimum atomic E-state index is 0.347. The number of likely N-dealkylation sites (tertiary alicyclic amines) is 1. The van der Waals surface area contributed by atoms with Crippen molar-refractivity contribution in [3.05, 3.63) is 53.7 Å². The fraction of sp³-hybridized carbons (Fsp3) is 0.478. The van der Waals surface area contributed by atoms with Crippen LogP contribution in [0.5, 0.6) is 0 Å². The lowest BCUT2D eigenvalue weighted by Gasteiger charge is -2.33. The molecule has 5 heterocycles. The standard InChI is InChI=1S/C23H28N6O/c1-17-12-21(30-27-17)20-14-25-23(29-10-2-3-11-29)26-22(20)19-7-5-9-28(16-19)15-18-6-4-8-24-13-18/h4,6,8,12-14,19H,2-3,5,7,9-11,15-16H2,1H3/t19-/m1/s1. The Morgan fingerprint density at radius 3 is 2.80 bits per heavy atom. The van der Waals surface area contributed by atoms with Gasteiger partial charge < -0.3 is 9.42 Å². The topological polar surface area (TPSA) is 71.2 Å². The molecule has 3 aromatic heterocycles. The van der Waals surface area contributed by atoms with E-state index < -0.39 is 0 Å². The first-order chi connectivity index (χ1) is 14.8. The maximum atomic E-state index is 5.60. The Kier molecular flexibility index (Phi) is 5.45. The fourth-order valence-electron chi connectivity index (χ4n) is 4.62. The highest BCUT2D eigenvalue weighted by molar-refractivity contribution is 5.61. The maximum absolute atomic E-state index is 5.60. The van der Waals surface area contributed by atoms with Crippen molar-refractivity contribution in [2.24, 2.45) is 0 Å². The monoisotopic (exact) mass is 404 g/mol. The highest BCUT2D eigenvalue weighted by Crippen LogP contribution is 2.35. The normalized spacial score (nSPS) is 20.0. The molecule has 7 nitrogen and oxygen atoms in total. The number of aromatic nitrogens is 4. The van der Waals surface area contributed by atoms with Gasteiger partial charge in [0.25, 0.3) is 0 Å². The van der Waals surface area contributed by atoms with E-state index in [4.69, 9.17) is 14.5 Å². The first-order valence-corrected chi connectivity index (χ1v) is 10.9. The number of hydrogen-bond acceptors (Lipinski definition) is 7. The molecule has 1 atom stereocenters. The van der Waals surface area contributed by atoms with Crippen LogP contribution in [0, 0.1) is 6.92 Å². The van der Waals surface area contributed by atoms with E-state index in [0.717, 1.165) is 74.2 Å². The molecule has 0 spiro atoms. The molecule has 0 amide bonds. The first kappa shape index (κ1) is 19.2. The van der Waals surface area contributed by atoms with Gasteiger partial charge in [-0.15, -0.1) is 0 Å². The van der Waals surface area contributed by atoms with Gasteiger partial charge in [0.2, 0.25) is 5.95 Å². The molecular weight excluding hydrogens is 376 g/mol. The predicted molar refractivity (Wildman–Crippen MR) is 115 cm³/mol. The molecule has 0 bridgehead atoms. The van der Waals surface area contributed by atoms with Crippen LogP contribution in [0.3, 0.4) is 0 Å². The van der Waals surface area contributed by atoms with Gasteiger partial charge in [-0.25, -0.2) is 9.97 Å². The maximum Gasteiger partial charge on any atom is 0.225 e. The summed E-state index contributed by atoms with van der Waals surface area (Å²) in [5.41, 5.74) is 4.21. The average molecular weight is 405 g/mol. The number of rotatable bonds is 5. The Labute approximate surface area is 177 Å². The van der Waals surface area contributed by atoms with E-state index >= 15 is 0 Å². The largest absolute Gasteiger partial charge is 0.356 e. The van der Waals surface area contributed by atoms with Crippen LogP contribution in [-0.4, -0.2) is 51.2 Å². The molecule has 0 radical (unpaired) electrons. The molecule has 5 rings (SSSR count). The summed E-state index contributed by atoms with van der Waals surface area (Å²) >= 11 is 0. The third-order valence-corrected chi connectivity index (χ3v) is 6.11. The summed E-state index contributed by atoms with van der Waals surface area (Å²) in [5, 5.41) is 4.09. The van der Waals surface area contributed by atoms with Crippen LogP contribution in [0.25, 0.3) is 11.3 Å². The van der Waals surface area contributed by atoms with Gasteiger partial charge in [-0.2, -0.15) is 0 Å². The van der Waals surface area contributed by atoms with Gasteiger partial charge in [0.1, 0.15) is 0 Å². The van der Waals surface area contributed by atoms with Crippen LogP contribution in [0.2, 0.25) is 0 Å². The van der Waals surface area contributed by atoms with E-state index in [1.54, 1.807) is 0 Å². The number of nitrogens with zero attached hydrogens (tertiary/aromatic N) is 6. The minimum Gasteiger partial charge on any atom is -0.356 e. The van der Waals surface area contributed by atoms with Gasteiger partial charge >= 0.3 is 0 Å². The summed E-state index contributed by atoms with van der Waals surface area (Å²) < 4.78 is 5.60. The molecule has 0 unspecified atom stereocenters. The first-order valence-electron chi connectivity index (χ1n) is 10.9. The number of pyridine rings is 1. The SMILES string of the molecule is Cc1cc(-c2cnc(N3CCCC3)nc2[C@@H]2CCCN(Cc3cccnc3)C2)on1. The van der Waals surface area contributed by atoms with Crippen LogP contribution in [-0.2, 0) is 6.54 Å². The minimum absolute atomic E-state index is 0.347. The number of hydrogen-bond donors (Lipinski definition) is 0. The predicted octanol–water partition coefficient (Wildman–Crippen LogP) is 3.81. The Bertz CT molecular complexity index is 982.